The molecule has 3 heterocycles. The Kier molecular flexibility index (Phi) is 6.30. The topological polar surface area (TPSA) is 84.5 Å². The number of hydrogen-bond donors (Lipinski definition) is 0. The Morgan fingerprint density at radius 3 is 2.25 bits per heavy atom. The average molecular weight is 407 g/mol. The van der Waals surface area contributed by atoms with Crippen molar-refractivity contribution >= 4 is 35.2 Å². The van der Waals surface area contributed by atoms with Crippen molar-refractivity contribution in [2.24, 2.45) is 0 Å². The zero-order chi connectivity index (χ0) is 20.3. The van der Waals surface area contributed by atoms with Gasteiger partial charge in [0, 0.05) is 44.1 Å². The highest BCUT2D eigenvalue weighted by atomic mass is 32.1. The fraction of sp³-hybridized carbons (Fsp3) is 0.556. The third-order valence-electron chi connectivity index (χ3n) is 5.05. The van der Waals surface area contributed by atoms with E-state index in [4.69, 9.17) is 0 Å². The molecular weight excluding hydrogens is 382 g/mol. The molecule has 0 spiro atoms. The summed E-state index contributed by atoms with van der Waals surface area (Å²) in [5.74, 6) is -1.57. The van der Waals surface area contributed by atoms with Gasteiger partial charge in [-0.1, -0.05) is 6.07 Å². The van der Waals surface area contributed by atoms with Crippen LogP contribution < -0.4 is 0 Å². The highest BCUT2D eigenvalue weighted by Crippen LogP contribution is 2.19. The van der Waals surface area contributed by atoms with Crippen LogP contribution in [0, 0.1) is 0 Å². The Hall–Kier alpha value is -2.46. The molecule has 9 nitrogen and oxygen atoms in total. The van der Waals surface area contributed by atoms with E-state index in [1.54, 1.807) is 9.80 Å². The van der Waals surface area contributed by atoms with Gasteiger partial charge in [-0.25, -0.2) is 14.5 Å². The number of nitrogens with zero attached hydrogens (tertiary/aromatic N) is 5. The summed E-state index contributed by atoms with van der Waals surface area (Å²) in [7, 11) is 0. The molecule has 152 valence electrons. The third-order valence-corrected chi connectivity index (χ3v) is 5.91. The summed E-state index contributed by atoms with van der Waals surface area (Å²) in [5.41, 5.74) is 0. The number of amides is 6. The summed E-state index contributed by atoms with van der Waals surface area (Å²) in [4.78, 5) is 57.8. The lowest BCUT2D eigenvalue weighted by molar-refractivity contribution is -0.144. The van der Waals surface area contributed by atoms with Crippen molar-refractivity contribution in [1.82, 2.24) is 24.5 Å². The number of piperazine rings is 1. The Morgan fingerprint density at radius 2 is 1.68 bits per heavy atom. The lowest BCUT2D eigenvalue weighted by Crippen LogP contribution is -2.55. The van der Waals surface area contributed by atoms with E-state index in [9.17, 15) is 19.2 Å². The van der Waals surface area contributed by atoms with Crippen molar-refractivity contribution in [1.29, 1.82) is 0 Å². The first kappa shape index (κ1) is 20.3. The predicted octanol–water partition coefficient (Wildman–Crippen LogP) is 1.08. The number of thiophene rings is 1. The first-order valence-corrected chi connectivity index (χ1v) is 10.3. The van der Waals surface area contributed by atoms with E-state index in [0.29, 0.717) is 39.3 Å². The highest BCUT2D eigenvalue weighted by molar-refractivity contribution is 7.09. The van der Waals surface area contributed by atoms with Crippen LogP contribution in [0.5, 0.6) is 0 Å². The lowest BCUT2D eigenvalue weighted by atomic mass is 10.3. The van der Waals surface area contributed by atoms with Crippen molar-refractivity contribution in [2.75, 3.05) is 45.9 Å². The zero-order valence-electron chi connectivity index (χ0n) is 16.2. The molecule has 28 heavy (non-hydrogen) atoms. The van der Waals surface area contributed by atoms with Crippen LogP contribution in [0.1, 0.15) is 18.7 Å². The van der Waals surface area contributed by atoms with Crippen LogP contribution in [-0.2, 0) is 16.1 Å². The average Bonchev–Trinajstić information content (AvgIpc) is 3.29. The van der Waals surface area contributed by atoms with E-state index in [1.165, 1.54) is 11.3 Å². The number of carbonyl (C=O) groups excluding carboxylic acids is 4. The van der Waals surface area contributed by atoms with Gasteiger partial charge >= 0.3 is 23.9 Å². The van der Waals surface area contributed by atoms with Crippen LogP contribution >= 0.6 is 11.3 Å². The van der Waals surface area contributed by atoms with Crippen molar-refractivity contribution < 1.29 is 19.2 Å². The molecule has 0 aromatic carbocycles. The Bertz CT molecular complexity index is 741. The molecule has 0 aliphatic carbocycles. The smallest absolute Gasteiger partial charge is 0.325 e. The third kappa shape index (κ3) is 4.02. The van der Waals surface area contributed by atoms with Gasteiger partial charge in [0.15, 0.2) is 0 Å². The molecule has 2 aliphatic heterocycles. The number of rotatable bonds is 6. The summed E-state index contributed by atoms with van der Waals surface area (Å²) in [5, 5.41) is 1.86. The van der Waals surface area contributed by atoms with Gasteiger partial charge in [0.1, 0.15) is 0 Å². The molecule has 10 heteroatoms. The molecule has 6 amide bonds. The molecule has 0 atom stereocenters. The van der Waals surface area contributed by atoms with Crippen LogP contribution in [0.2, 0.25) is 0 Å². The van der Waals surface area contributed by atoms with Gasteiger partial charge in [-0.2, -0.15) is 0 Å². The second-order valence-corrected chi connectivity index (χ2v) is 7.72. The van der Waals surface area contributed by atoms with Gasteiger partial charge in [0.2, 0.25) is 0 Å². The van der Waals surface area contributed by atoms with Crippen LogP contribution in [-0.4, -0.2) is 94.3 Å². The quantitative estimate of drug-likeness (QED) is 0.520. The molecule has 0 radical (unpaired) electrons. The van der Waals surface area contributed by atoms with Crippen LogP contribution in [0.25, 0.3) is 0 Å². The monoisotopic (exact) mass is 407 g/mol. The summed E-state index contributed by atoms with van der Waals surface area (Å²) in [6, 6.07) is 3.09. The maximum atomic E-state index is 12.6. The van der Waals surface area contributed by atoms with Gasteiger partial charge in [0.25, 0.3) is 0 Å². The molecular formula is C18H25N5O4S. The summed E-state index contributed by atoms with van der Waals surface area (Å²) in [6.45, 7) is 7.54. The number of hydrogen-bond acceptors (Lipinski definition) is 6. The molecule has 3 rings (SSSR count). The zero-order valence-corrected chi connectivity index (χ0v) is 17.0. The number of urea groups is 2. The summed E-state index contributed by atoms with van der Waals surface area (Å²) < 4.78 is 0. The van der Waals surface area contributed by atoms with Crippen molar-refractivity contribution in [3.63, 3.8) is 0 Å². The Labute approximate surface area is 168 Å². The Morgan fingerprint density at radius 1 is 1.04 bits per heavy atom. The molecule has 2 saturated heterocycles. The van der Waals surface area contributed by atoms with Gasteiger partial charge in [-0.05, 0) is 25.3 Å². The number of imide groups is 2. The van der Waals surface area contributed by atoms with Crippen LogP contribution in [0.15, 0.2) is 17.5 Å². The van der Waals surface area contributed by atoms with Crippen molar-refractivity contribution in [3.8, 4) is 0 Å². The van der Waals surface area contributed by atoms with E-state index in [2.05, 4.69) is 0 Å². The molecule has 0 bridgehead atoms. The van der Waals surface area contributed by atoms with Crippen LogP contribution in [0.4, 0.5) is 9.59 Å². The Balaban J connectivity index is 1.56. The second-order valence-electron chi connectivity index (χ2n) is 6.69. The molecule has 1 aromatic heterocycles. The lowest BCUT2D eigenvalue weighted by Gasteiger charge is -2.37. The van der Waals surface area contributed by atoms with Gasteiger partial charge < -0.3 is 9.80 Å². The van der Waals surface area contributed by atoms with Crippen LogP contribution in [0.3, 0.4) is 0 Å². The van der Waals surface area contributed by atoms with Crippen molar-refractivity contribution in [2.45, 2.75) is 20.4 Å². The van der Waals surface area contributed by atoms with E-state index < -0.39 is 17.8 Å². The fourth-order valence-electron chi connectivity index (χ4n) is 3.35. The minimum atomic E-state index is -0.789. The fourth-order valence-corrected chi connectivity index (χ4v) is 4.04. The van der Waals surface area contributed by atoms with Gasteiger partial charge in [-0.15, -0.1) is 11.3 Å². The largest absolute Gasteiger partial charge is 0.335 e. The minimum Gasteiger partial charge on any atom is -0.325 e. The molecule has 2 aliphatic rings. The minimum absolute atomic E-state index is 0.00951. The van der Waals surface area contributed by atoms with Gasteiger partial charge in [-0.3, -0.25) is 19.4 Å². The first-order valence-electron chi connectivity index (χ1n) is 9.42. The highest BCUT2D eigenvalue weighted by Gasteiger charge is 2.45. The van der Waals surface area contributed by atoms with E-state index in [1.807, 2.05) is 36.3 Å². The van der Waals surface area contributed by atoms with Crippen molar-refractivity contribution in [3.05, 3.63) is 22.4 Å². The molecule has 0 saturated carbocycles. The van der Waals surface area contributed by atoms with E-state index in [0.717, 1.165) is 14.7 Å². The summed E-state index contributed by atoms with van der Waals surface area (Å²) >= 11 is 1.43. The number of carbonyl (C=O) groups is 4. The summed E-state index contributed by atoms with van der Waals surface area (Å²) in [6.07, 6.45) is 0. The first-order chi connectivity index (χ1) is 13.5. The molecule has 2 fully saturated rings. The normalized spacial score (nSPS) is 18.4. The maximum absolute atomic E-state index is 12.6. The molecule has 0 unspecified atom stereocenters. The molecule has 1 aromatic rings. The van der Waals surface area contributed by atoms with E-state index >= 15 is 0 Å². The standard InChI is InChI=1S/C18H25N5O4S/c1-3-20(4-2)17(26)21-9-7-19(8-10-21)13-23-16(25)15(24)22(18(23)27)12-14-6-5-11-28-14/h5-6,11H,3-4,7-10,12-13H2,1-2H3. The van der Waals surface area contributed by atoms with Gasteiger partial charge in [0.05, 0.1) is 13.2 Å². The molecule has 0 N–H and O–H groups in total. The van der Waals surface area contributed by atoms with E-state index in [-0.39, 0.29) is 19.2 Å². The second kappa shape index (κ2) is 8.70. The maximum Gasteiger partial charge on any atom is 0.335 e. The predicted molar refractivity (Wildman–Crippen MR) is 103 cm³/mol. The SMILES string of the molecule is CCN(CC)C(=O)N1CCN(CN2C(=O)C(=O)N(Cc3cccs3)C2=O)CC1.